The van der Waals surface area contributed by atoms with Crippen LogP contribution in [0.2, 0.25) is 0 Å². The Bertz CT molecular complexity index is 1140. The first-order valence-electron chi connectivity index (χ1n) is 9.64. The van der Waals surface area contributed by atoms with Gasteiger partial charge in [0.2, 0.25) is 10.0 Å². The van der Waals surface area contributed by atoms with E-state index in [1.165, 1.54) is 27.8 Å². The van der Waals surface area contributed by atoms with Gasteiger partial charge in [-0.25, -0.2) is 22.2 Å². The number of nitrogens with zero attached hydrogens (tertiary/aromatic N) is 3. The Morgan fingerprint density at radius 3 is 2.23 bits per heavy atom. The summed E-state index contributed by atoms with van der Waals surface area (Å²) in [5.41, 5.74) is 2.27. The van der Waals surface area contributed by atoms with Gasteiger partial charge in [0.15, 0.2) is 5.13 Å². The molecule has 0 saturated carbocycles. The van der Waals surface area contributed by atoms with Crippen LogP contribution in [0, 0.1) is 11.6 Å². The van der Waals surface area contributed by atoms with E-state index in [4.69, 9.17) is 0 Å². The topological polar surface area (TPSA) is 53.5 Å². The van der Waals surface area contributed by atoms with Gasteiger partial charge in [-0.1, -0.05) is 28.1 Å². The molecule has 10 heteroatoms. The molecule has 1 aliphatic rings. The lowest BCUT2D eigenvalue weighted by molar-refractivity contribution is 0.384. The molecule has 31 heavy (non-hydrogen) atoms. The molecule has 1 aliphatic heterocycles. The van der Waals surface area contributed by atoms with E-state index >= 15 is 0 Å². The zero-order chi connectivity index (χ0) is 22.0. The molecular weight excluding hydrogens is 508 g/mol. The number of benzene rings is 2. The fourth-order valence-corrected chi connectivity index (χ4v) is 6.14. The SMILES string of the molecule is O=S(=O)(c1ccc(CBr)cc1)N1CCN(c2nc(Cc3cc(F)cc(F)c3)cs2)CC1. The van der Waals surface area contributed by atoms with Crippen LogP contribution in [-0.2, 0) is 21.8 Å². The van der Waals surface area contributed by atoms with E-state index in [9.17, 15) is 17.2 Å². The van der Waals surface area contributed by atoms with Crippen molar-refractivity contribution in [3.63, 3.8) is 0 Å². The van der Waals surface area contributed by atoms with E-state index < -0.39 is 21.7 Å². The molecule has 0 bridgehead atoms. The third-order valence-corrected chi connectivity index (χ3v) is 8.58. The van der Waals surface area contributed by atoms with Crippen molar-refractivity contribution in [2.45, 2.75) is 16.6 Å². The number of hydrogen-bond acceptors (Lipinski definition) is 5. The second-order valence-corrected chi connectivity index (χ2v) is 10.6. The maximum absolute atomic E-state index is 13.4. The van der Waals surface area contributed by atoms with E-state index in [0.29, 0.717) is 48.4 Å². The number of alkyl halides is 1. The van der Waals surface area contributed by atoms with E-state index in [1.54, 1.807) is 24.3 Å². The minimum absolute atomic E-state index is 0.296. The number of sulfonamides is 1. The largest absolute Gasteiger partial charge is 0.345 e. The average Bonchev–Trinajstić information content (AvgIpc) is 3.21. The fourth-order valence-electron chi connectivity index (χ4n) is 3.46. The number of hydrogen-bond donors (Lipinski definition) is 0. The van der Waals surface area contributed by atoms with Crippen molar-refractivity contribution in [2.24, 2.45) is 0 Å². The maximum atomic E-state index is 13.4. The Labute approximate surface area is 192 Å². The van der Waals surface area contributed by atoms with Crippen molar-refractivity contribution in [3.8, 4) is 0 Å². The summed E-state index contributed by atoms with van der Waals surface area (Å²) in [5.74, 6) is -1.21. The van der Waals surface area contributed by atoms with Crippen molar-refractivity contribution in [2.75, 3.05) is 31.1 Å². The molecule has 0 aliphatic carbocycles. The van der Waals surface area contributed by atoms with E-state index in [-0.39, 0.29) is 0 Å². The van der Waals surface area contributed by atoms with Gasteiger partial charge in [-0.2, -0.15) is 4.31 Å². The van der Waals surface area contributed by atoms with Crippen LogP contribution in [0.25, 0.3) is 0 Å². The molecule has 2 aromatic carbocycles. The summed E-state index contributed by atoms with van der Waals surface area (Å²) >= 11 is 4.81. The van der Waals surface area contributed by atoms with E-state index in [2.05, 4.69) is 20.9 Å². The highest BCUT2D eigenvalue weighted by atomic mass is 79.9. The van der Waals surface area contributed by atoms with Gasteiger partial charge in [-0.15, -0.1) is 11.3 Å². The highest BCUT2D eigenvalue weighted by molar-refractivity contribution is 9.08. The summed E-state index contributed by atoms with van der Waals surface area (Å²) < 4.78 is 54.1. The van der Waals surface area contributed by atoms with Crippen LogP contribution in [0.4, 0.5) is 13.9 Å². The second kappa shape index (κ2) is 9.32. The van der Waals surface area contributed by atoms with Crippen LogP contribution in [0.1, 0.15) is 16.8 Å². The summed E-state index contributed by atoms with van der Waals surface area (Å²) in [7, 11) is -3.53. The molecule has 0 atom stereocenters. The molecule has 1 fully saturated rings. The monoisotopic (exact) mass is 527 g/mol. The zero-order valence-electron chi connectivity index (χ0n) is 16.5. The zero-order valence-corrected chi connectivity index (χ0v) is 19.7. The van der Waals surface area contributed by atoms with Gasteiger partial charge in [0.25, 0.3) is 0 Å². The molecule has 0 N–H and O–H groups in total. The normalized spacial score (nSPS) is 15.4. The molecule has 0 radical (unpaired) electrons. The molecule has 1 aromatic heterocycles. The molecule has 4 rings (SSSR count). The van der Waals surface area contributed by atoms with Gasteiger partial charge < -0.3 is 4.90 Å². The van der Waals surface area contributed by atoms with Gasteiger partial charge in [0.1, 0.15) is 11.6 Å². The van der Waals surface area contributed by atoms with E-state index in [0.717, 1.165) is 22.5 Å². The van der Waals surface area contributed by atoms with Crippen molar-refractivity contribution >= 4 is 42.4 Å². The van der Waals surface area contributed by atoms with Crippen LogP contribution in [0.3, 0.4) is 0 Å². The van der Waals surface area contributed by atoms with Gasteiger partial charge in [-0.05, 0) is 35.4 Å². The lowest BCUT2D eigenvalue weighted by Crippen LogP contribution is -2.48. The molecule has 1 saturated heterocycles. The summed E-state index contributed by atoms with van der Waals surface area (Å²) in [6, 6.07) is 10.3. The average molecular weight is 528 g/mol. The maximum Gasteiger partial charge on any atom is 0.243 e. The van der Waals surface area contributed by atoms with Crippen LogP contribution in [-0.4, -0.2) is 43.9 Å². The van der Waals surface area contributed by atoms with Gasteiger partial charge in [0, 0.05) is 49.4 Å². The highest BCUT2D eigenvalue weighted by Crippen LogP contribution is 2.26. The number of aromatic nitrogens is 1. The standard InChI is InChI=1S/C21H20BrF2N3O2S2/c22-13-15-1-3-20(4-2-15)31(28,29)27-7-5-26(6-8-27)21-25-19(14-30-21)11-16-9-17(23)12-18(24)10-16/h1-4,9-10,12,14H,5-8,11,13H2. The first kappa shape index (κ1) is 22.3. The molecule has 0 amide bonds. The predicted octanol–water partition coefficient (Wildman–Crippen LogP) is 4.42. The van der Waals surface area contributed by atoms with E-state index in [1.807, 2.05) is 10.3 Å². The number of anilines is 1. The first-order chi connectivity index (χ1) is 14.8. The predicted molar refractivity (Wildman–Crippen MR) is 121 cm³/mol. The minimum Gasteiger partial charge on any atom is -0.345 e. The van der Waals surface area contributed by atoms with Crippen LogP contribution >= 0.6 is 27.3 Å². The lowest BCUT2D eigenvalue weighted by atomic mass is 10.1. The summed E-state index contributed by atoms with van der Waals surface area (Å²) in [6.07, 6.45) is 0.337. The van der Waals surface area contributed by atoms with Gasteiger partial charge >= 0.3 is 0 Å². The summed E-state index contributed by atoms with van der Waals surface area (Å²) in [4.78, 5) is 6.92. The molecule has 2 heterocycles. The Morgan fingerprint density at radius 2 is 1.61 bits per heavy atom. The van der Waals surface area contributed by atoms with Crippen LogP contribution < -0.4 is 4.90 Å². The minimum atomic E-state index is -3.53. The quantitative estimate of drug-likeness (QED) is 0.445. The molecule has 5 nitrogen and oxygen atoms in total. The Hall–Kier alpha value is -1.88. The number of halogens is 3. The lowest BCUT2D eigenvalue weighted by Gasteiger charge is -2.33. The Morgan fingerprint density at radius 1 is 0.968 bits per heavy atom. The Balaban J connectivity index is 1.39. The Kier molecular flexibility index (Phi) is 6.71. The number of piperazine rings is 1. The van der Waals surface area contributed by atoms with Crippen molar-refractivity contribution in [1.29, 1.82) is 0 Å². The van der Waals surface area contributed by atoms with Crippen molar-refractivity contribution in [1.82, 2.24) is 9.29 Å². The summed E-state index contributed by atoms with van der Waals surface area (Å²) in [6.45, 7) is 1.79. The van der Waals surface area contributed by atoms with Crippen LogP contribution in [0.15, 0.2) is 52.7 Å². The smallest absolute Gasteiger partial charge is 0.243 e. The first-order valence-corrected chi connectivity index (χ1v) is 13.1. The fraction of sp³-hybridized carbons (Fsp3) is 0.286. The van der Waals surface area contributed by atoms with Gasteiger partial charge in [-0.3, -0.25) is 0 Å². The number of thiazole rings is 1. The molecule has 0 spiro atoms. The van der Waals surface area contributed by atoms with Crippen LogP contribution in [0.5, 0.6) is 0 Å². The summed E-state index contributed by atoms with van der Waals surface area (Å²) in [5, 5.41) is 3.33. The second-order valence-electron chi connectivity index (χ2n) is 7.24. The number of rotatable bonds is 6. The van der Waals surface area contributed by atoms with Crippen molar-refractivity contribution < 1.29 is 17.2 Å². The molecule has 164 valence electrons. The molecular formula is C21H20BrF2N3O2S2. The third-order valence-electron chi connectivity index (χ3n) is 5.07. The third kappa shape index (κ3) is 5.14. The van der Waals surface area contributed by atoms with Gasteiger partial charge in [0.05, 0.1) is 10.6 Å². The molecule has 3 aromatic rings. The molecule has 0 unspecified atom stereocenters. The highest BCUT2D eigenvalue weighted by Gasteiger charge is 2.29. The van der Waals surface area contributed by atoms with Crippen molar-refractivity contribution in [3.05, 3.63) is 76.3 Å².